The minimum absolute atomic E-state index is 0.000775. The van der Waals surface area contributed by atoms with Crippen LogP contribution in [-0.2, 0) is 17.9 Å². The molecule has 0 saturated heterocycles. The van der Waals surface area contributed by atoms with Gasteiger partial charge in [0.15, 0.2) is 5.69 Å². The number of nitrogens with zero attached hydrogens (tertiary/aromatic N) is 5. The number of nitrogens with one attached hydrogen (secondary N) is 1. The standard InChI is InChI=1S/C12H14BrN7O4/c1-2-18-6-8(10(16-18)11(14)22)15-9(21)3-4-19-5-7(13)12(17-19)20(23)24/h5-6H,2-4H2,1H3,(H2,14,22)(H,15,21). The summed E-state index contributed by atoms with van der Waals surface area (Å²) in [6.45, 7) is 2.47. The molecule has 0 aromatic carbocycles. The second kappa shape index (κ2) is 7.21. The number of aromatic nitrogens is 4. The maximum atomic E-state index is 12.0. The molecule has 128 valence electrons. The summed E-state index contributed by atoms with van der Waals surface area (Å²) in [4.78, 5) is 33.4. The molecule has 0 radical (unpaired) electrons. The quantitative estimate of drug-likeness (QED) is 0.521. The number of primary amides is 1. The van der Waals surface area contributed by atoms with Crippen LogP contribution in [0.5, 0.6) is 0 Å². The van der Waals surface area contributed by atoms with Gasteiger partial charge in [0.25, 0.3) is 5.91 Å². The maximum Gasteiger partial charge on any atom is 0.404 e. The van der Waals surface area contributed by atoms with Crippen molar-refractivity contribution in [3.8, 4) is 0 Å². The second-order valence-electron chi connectivity index (χ2n) is 4.73. The number of carbonyl (C=O) groups is 2. The number of anilines is 1. The number of halogens is 1. The van der Waals surface area contributed by atoms with E-state index in [1.54, 1.807) is 0 Å². The summed E-state index contributed by atoms with van der Waals surface area (Å²) in [5.41, 5.74) is 5.42. The SMILES string of the molecule is CCn1cc(NC(=O)CCn2cc(Br)c([N+](=O)[O-])n2)c(C(N)=O)n1. The van der Waals surface area contributed by atoms with Crippen LogP contribution in [0.25, 0.3) is 0 Å². The van der Waals surface area contributed by atoms with Gasteiger partial charge in [0, 0.05) is 19.2 Å². The molecule has 0 fully saturated rings. The minimum Gasteiger partial charge on any atom is -0.364 e. The van der Waals surface area contributed by atoms with Gasteiger partial charge in [-0.2, -0.15) is 9.78 Å². The molecule has 0 bridgehead atoms. The lowest BCUT2D eigenvalue weighted by Crippen LogP contribution is -2.19. The number of nitrogens with two attached hydrogens (primary N) is 1. The molecule has 0 aliphatic carbocycles. The van der Waals surface area contributed by atoms with E-state index in [-0.39, 0.29) is 34.6 Å². The molecule has 0 aliphatic heterocycles. The Bertz CT molecular complexity index is 797. The number of hydrogen-bond acceptors (Lipinski definition) is 6. The van der Waals surface area contributed by atoms with E-state index in [0.717, 1.165) is 0 Å². The van der Waals surface area contributed by atoms with Crippen LogP contribution in [0.15, 0.2) is 16.9 Å². The van der Waals surface area contributed by atoms with Crippen molar-refractivity contribution >= 4 is 39.2 Å². The zero-order chi connectivity index (χ0) is 17.9. The van der Waals surface area contributed by atoms with Gasteiger partial charge in [-0.25, -0.2) is 0 Å². The molecule has 0 spiro atoms. The van der Waals surface area contributed by atoms with Crippen molar-refractivity contribution in [3.05, 3.63) is 32.7 Å². The summed E-state index contributed by atoms with van der Waals surface area (Å²) >= 11 is 3.03. The predicted octanol–water partition coefficient (Wildman–Crippen LogP) is 0.898. The van der Waals surface area contributed by atoms with E-state index in [9.17, 15) is 19.7 Å². The van der Waals surface area contributed by atoms with E-state index in [4.69, 9.17) is 5.73 Å². The van der Waals surface area contributed by atoms with Gasteiger partial charge in [-0.05, 0) is 27.8 Å². The first-order chi connectivity index (χ1) is 11.3. The number of rotatable bonds is 7. The molecule has 12 heteroatoms. The first-order valence-electron chi connectivity index (χ1n) is 6.86. The Hall–Kier alpha value is -2.76. The van der Waals surface area contributed by atoms with Crippen LogP contribution in [0.4, 0.5) is 11.5 Å². The van der Waals surface area contributed by atoms with Crippen molar-refractivity contribution in [1.82, 2.24) is 19.6 Å². The van der Waals surface area contributed by atoms with Gasteiger partial charge in [-0.3, -0.25) is 14.3 Å². The fraction of sp³-hybridized carbons (Fsp3) is 0.333. The van der Waals surface area contributed by atoms with Gasteiger partial charge < -0.3 is 21.2 Å². The van der Waals surface area contributed by atoms with E-state index < -0.39 is 16.7 Å². The topological polar surface area (TPSA) is 151 Å². The summed E-state index contributed by atoms with van der Waals surface area (Å²) in [5, 5.41) is 21.0. The molecule has 2 rings (SSSR count). The van der Waals surface area contributed by atoms with E-state index in [1.165, 1.54) is 21.8 Å². The number of nitro groups is 1. The number of hydrogen-bond donors (Lipinski definition) is 2. The van der Waals surface area contributed by atoms with E-state index in [2.05, 4.69) is 31.4 Å². The third-order valence-electron chi connectivity index (χ3n) is 3.03. The fourth-order valence-electron chi connectivity index (χ4n) is 1.91. The molecule has 11 nitrogen and oxygen atoms in total. The highest BCUT2D eigenvalue weighted by Crippen LogP contribution is 2.22. The van der Waals surface area contributed by atoms with E-state index in [0.29, 0.717) is 6.54 Å². The molecular formula is C12H14BrN7O4. The third-order valence-corrected chi connectivity index (χ3v) is 3.59. The van der Waals surface area contributed by atoms with E-state index >= 15 is 0 Å². The van der Waals surface area contributed by atoms with Crippen molar-refractivity contribution in [3.63, 3.8) is 0 Å². The van der Waals surface area contributed by atoms with Crippen molar-refractivity contribution in [2.45, 2.75) is 26.4 Å². The minimum atomic E-state index is -0.746. The zero-order valence-corrected chi connectivity index (χ0v) is 14.2. The summed E-state index contributed by atoms with van der Waals surface area (Å²) in [7, 11) is 0. The maximum absolute atomic E-state index is 12.0. The lowest BCUT2D eigenvalue weighted by atomic mass is 10.3. The number of aryl methyl sites for hydroxylation is 2. The Kier molecular flexibility index (Phi) is 5.28. The largest absolute Gasteiger partial charge is 0.404 e. The van der Waals surface area contributed by atoms with Crippen LogP contribution in [0, 0.1) is 10.1 Å². The van der Waals surface area contributed by atoms with Gasteiger partial charge in [0.05, 0.1) is 23.5 Å². The Labute approximate surface area is 144 Å². The number of carbonyl (C=O) groups excluding carboxylic acids is 2. The molecule has 0 atom stereocenters. The smallest absolute Gasteiger partial charge is 0.364 e. The van der Waals surface area contributed by atoms with Crippen LogP contribution in [0.2, 0.25) is 0 Å². The van der Waals surface area contributed by atoms with Crippen molar-refractivity contribution in [2.75, 3.05) is 5.32 Å². The molecule has 2 heterocycles. The average Bonchev–Trinajstić information content (AvgIpc) is 3.08. The molecular weight excluding hydrogens is 386 g/mol. The highest BCUT2D eigenvalue weighted by molar-refractivity contribution is 9.10. The monoisotopic (exact) mass is 399 g/mol. The Morgan fingerprint density at radius 1 is 1.38 bits per heavy atom. The Morgan fingerprint density at radius 2 is 2.08 bits per heavy atom. The lowest BCUT2D eigenvalue weighted by Gasteiger charge is -2.02. The molecule has 0 aliphatic rings. The van der Waals surface area contributed by atoms with Crippen molar-refractivity contribution < 1.29 is 14.5 Å². The summed E-state index contributed by atoms with van der Waals surface area (Å²) < 4.78 is 2.99. The Balaban J connectivity index is 2.01. The van der Waals surface area contributed by atoms with Gasteiger partial charge in [-0.15, -0.1) is 0 Å². The third kappa shape index (κ3) is 3.95. The first kappa shape index (κ1) is 17.6. The van der Waals surface area contributed by atoms with Crippen molar-refractivity contribution in [2.24, 2.45) is 5.73 Å². The highest BCUT2D eigenvalue weighted by Gasteiger charge is 2.20. The van der Waals surface area contributed by atoms with Gasteiger partial charge >= 0.3 is 5.82 Å². The zero-order valence-electron chi connectivity index (χ0n) is 12.6. The molecule has 3 N–H and O–H groups in total. The first-order valence-corrected chi connectivity index (χ1v) is 7.65. The van der Waals surface area contributed by atoms with Crippen LogP contribution in [0.1, 0.15) is 23.8 Å². The summed E-state index contributed by atoms with van der Waals surface area (Å²) in [5.74, 6) is -1.47. The van der Waals surface area contributed by atoms with Gasteiger partial charge in [-0.1, -0.05) is 0 Å². The average molecular weight is 400 g/mol. The normalized spacial score (nSPS) is 10.6. The molecule has 2 amide bonds. The predicted molar refractivity (Wildman–Crippen MR) is 86.2 cm³/mol. The van der Waals surface area contributed by atoms with Crippen molar-refractivity contribution in [1.29, 1.82) is 0 Å². The number of amides is 2. The summed E-state index contributed by atoms with van der Waals surface area (Å²) in [6.07, 6.45) is 2.92. The van der Waals surface area contributed by atoms with Crippen LogP contribution >= 0.6 is 15.9 Å². The molecule has 2 aromatic heterocycles. The lowest BCUT2D eigenvalue weighted by molar-refractivity contribution is -0.390. The van der Waals surface area contributed by atoms with E-state index in [1.807, 2.05) is 6.92 Å². The fourth-order valence-corrected chi connectivity index (χ4v) is 2.37. The highest BCUT2D eigenvalue weighted by atomic mass is 79.9. The molecule has 0 saturated carbocycles. The molecule has 2 aromatic rings. The van der Waals surface area contributed by atoms with Crippen LogP contribution in [0.3, 0.4) is 0 Å². The van der Waals surface area contributed by atoms with Gasteiger partial charge in [0.1, 0.15) is 4.47 Å². The van der Waals surface area contributed by atoms with Crippen LogP contribution in [-0.4, -0.2) is 36.3 Å². The Morgan fingerprint density at radius 3 is 2.62 bits per heavy atom. The van der Waals surface area contributed by atoms with Gasteiger partial charge in [0.2, 0.25) is 5.91 Å². The molecule has 0 unspecified atom stereocenters. The second-order valence-corrected chi connectivity index (χ2v) is 5.58. The van der Waals surface area contributed by atoms with Crippen LogP contribution < -0.4 is 11.1 Å². The summed E-state index contributed by atoms with van der Waals surface area (Å²) in [6, 6.07) is 0. The molecule has 24 heavy (non-hydrogen) atoms.